The highest BCUT2D eigenvalue weighted by Crippen LogP contribution is 2.30. The number of pyridine rings is 1. The molecule has 2 atom stereocenters. The number of nitrogens with zero attached hydrogens (tertiary/aromatic N) is 3. The third kappa shape index (κ3) is 5.70. The predicted molar refractivity (Wildman–Crippen MR) is 121 cm³/mol. The molecule has 0 radical (unpaired) electrons. The quantitative estimate of drug-likeness (QED) is 0.781. The number of benzene rings is 1. The lowest BCUT2D eigenvalue weighted by molar-refractivity contribution is 0.0730. The summed E-state index contributed by atoms with van der Waals surface area (Å²) in [4.78, 5) is 21.7. The number of hydrogen-bond acceptors (Lipinski definition) is 4. The van der Waals surface area contributed by atoms with Gasteiger partial charge in [-0.3, -0.25) is 14.7 Å². The summed E-state index contributed by atoms with van der Waals surface area (Å²) in [6.07, 6.45) is 4.99. The molecule has 0 spiro atoms. The molecule has 5 rings (SSSR count). The Labute approximate surface area is 185 Å². The lowest BCUT2D eigenvalue weighted by Gasteiger charge is -2.36. The average Bonchev–Trinajstić information content (AvgIpc) is 3.01. The van der Waals surface area contributed by atoms with Gasteiger partial charge in [0.1, 0.15) is 5.69 Å². The van der Waals surface area contributed by atoms with Crippen LogP contribution in [0.5, 0.6) is 0 Å². The summed E-state index contributed by atoms with van der Waals surface area (Å²) in [5, 5.41) is 0. The van der Waals surface area contributed by atoms with Crippen molar-refractivity contribution in [1.82, 2.24) is 14.8 Å². The van der Waals surface area contributed by atoms with Crippen molar-refractivity contribution >= 4 is 30.7 Å². The average molecular weight is 437 g/mol. The zero-order valence-electron chi connectivity index (χ0n) is 16.6. The van der Waals surface area contributed by atoms with Crippen LogP contribution in [0.3, 0.4) is 0 Å². The highest BCUT2D eigenvalue weighted by Gasteiger charge is 2.36. The van der Waals surface area contributed by atoms with Crippen molar-refractivity contribution in [2.24, 2.45) is 11.7 Å². The van der Waals surface area contributed by atoms with Crippen LogP contribution in [0.15, 0.2) is 48.7 Å². The molecule has 29 heavy (non-hydrogen) atoms. The number of hydrogen-bond donors (Lipinski definition) is 1. The molecule has 2 N–H and O–H groups in total. The lowest BCUT2D eigenvalue weighted by Crippen LogP contribution is -2.44. The first-order chi connectivity index (χ1) is 13.2. The van der Waals surface area contributed by atoms with Gasteiger partial charge in [-0.15, -0.1) is 24.8 Å². The molecule has 0 saturated carbocycles. The topological polar surface area (TPSA) is 62.5 Å². The lowest BCUT2D eigenvalue weighted by atomic mass is 9.94. The largest absolute Gasteiger partial charge is 0.335 e. The van der Waals surface area contributed by atoms with E-state index < -0.39 is 0 Å². The van der Waals surface area contributed by atoms with Gasteiger partial charge >= 0.3 is 0 Å². The van der Waals surface area contributed by atoms with E-state index in [1.165, 1.54) is 24.0 Å². The zero-order valence-corrected chi connectivity index (χ0v) is 18.2. The summed E-state index contributed by atoms with van der Waals surface area (Å²) >= 11 is 0. The van der Waals surface area contributed by atoms with Gasteiger partial charge in [-0.25, -0.2) is 0 Å². The molecule has 3 aliphatic heterocycles. The molecule has 3 aliphatic rings. The Kier molecular flexibility index (Phi) is 8.90. The number of nitrogens with two attached hydrogens (primary N) is 1. The molecule has 1 amide bonds. The highest BCUT2D eigenvalue weighted by atomic mass is 35.5. The number of amides is 1. The molecular weight excluding hydrogens is 407 g/mol. The molecular formula is C22H30Cl2N4O. The van der Waals surface area contributed by atoms with Crippen LogP contribution in [0.4, 0.5) is 0 Å². The van der Waals surface area contributed by atoms with Crippen LogP contribution in [0.2, 0.25) is 0 Å². The molecule has 3 saturated heterocycles. The van der Waals surface area contributed by atoms with E-state index in [1.807, 2.05) is 23.1 Å². The van der Waals surface area contributed by atoms with Crippen molar-refractivity contribution < 1.29 is 4.79 Å². The van der Waals surface area contributed by atoms with Gasteiger partial charge in [-0.1, -0.05) is 30.3 Å². The Morgan fingerprint density at radius 3 is 2.62 bits per heavy atom. The number of rotatable bonds is 5. The van der Waals surface area contributed by atoms with Gasteiger partial charge in [0, 0.05) is 38.4 Å². The summed E-state index contributed by atoms with van der Waals surface area (Å²) in [6, 6.07) is 14.7. The standard InChI is InChI=1S/C22H28N4O.2ClH/c23-10-9-17-4-3-5-18(12-17)13-25-14-19-7-8-20(25)16-26(15-19)22(27)21-6-1-2-11-24-21;;/h1-6,11-12,19-20H,7-10,13-16,23H2;2*1H/t19-,20-;;/m1../s1. The Bertz CT molecular complexity index is 789. The molecule has 3 fully saturated rings. The smallest absolute Gasteiger partial charge is 0.272 e. The monoisotopic (exact) mass is 436 g/mol. The van der Waals surface area contributed by atoms with E-state index in [-0.39, 0.29) is 30.7 Å². The van der Waals surface area contributed by atoms with E-state index in [0.29, 0.717) is 24.2 Å². The van der Waals surface area contributed by atoms with E-state index in [1.54, 1.807) is 6.20 Å². The van der Waals surface area contributed by atoms with Crippen LogP contribution in [-0.2, 0) is 13.0 Å². The Morgan fingerprint density at radius 2 is 1.86 bits per heavy atom. The molecule has 2 aromatic rings. The molecule has 5 nitrogen and oxygen atoms in total. The second-order valence-electron chi connectivity index (χ2n) is 7.81. The van der Waals surface area contributed by atoms with E-state index in [2.05, 4.69) is 34.1 Å². The Morgan fingerprint density at radius 1 is 1.03 bits per heavy atom. The van der Waals surface area contributed by atoms with Gasteiger partial charge < -0.3 is 10.6 Å². The van der Waals surface area contributed by atoms with E-state index in [9.17, 15) is 4.79 Å². The SMILES string of the molecule is Cl.Cl.NCCc1cccc(CN2C[C@H]3CC[C@@H]2CN(C(=O)c2ccccn2)C3)c1. The number of piperidine rings is 1. The summed E-state index contributed by atoms with van der Waals surface area (Å²) in [6.45, 7) is 4.34. The van der Waals surface area contributed by atoms with Gasteiger partial charge in [0.2, 0.25) is 0 Å². The highest BCUT2D eigenvalue weighted by molar-refractivity contribution is 5.92. The number of halogens is 2. The molecule has 7 heteroatoms. The second-order valence-corrected chi connectivity index (χ2v) is 7.81. The number of aromatic nitrogens is 1. The van der Waals surface area contributed by atoms with Gasteiger partial charge in [-0.2, -0.15) is 0 Å². The number of carbonyl (C=O) groups excluding carboxylic acids is 1. The summed E-state index contributed by atoms with van der Waals surface area (Å²) in [7, 11) is 0. The fourth-order valence-corrected chi connectivity index (χ4v) is 4.47. The zero-order chi connectivity index (χ0) is 18.6. The van der Waals surface area contributed by atoms with Crippen LogP contribution in [-0.4, -0.2) is 52.9 Å². The van der Waals surface area contributed by atoms with Crippen molar-refractivity contribution in [2.75, 3.05) is 26.2 Å². The molecule has 0 unspecified atom stereocenters. The maximum absolute atomic E-state index is 12.9. The first kappa shape index (κ1) is 23.6. The first-order valence-corrected chi connectivity index (χ1v) is 9.95. The third-order valence-electron chi connectivity index (χ3n) is 5.81. The summed E-state index contributed by atoms with van der Waals surface area (Å²) < 4.78 is 0. The maximum atomic E-state index is 12.9. The van der Waals surface area contributed by atoms with Gasteiger partial charge in [0.25, 0.3) is 5.91 Å². The van der Waals surface area contributed by atoms with Crippen molar-refractivity contribution in [3.05, 3.63) is 65.5 Å². The Balaban J connectivity index is 0.00000150. The number of fused-ring (bicyclic) bond motifs is 4. The van der Waals surface area contributed by atoms with Gasteiger partial charge in [0.05, 0.1) is 0 Å². The van der Waals surface area contributed by atoms with E-state index in [0.717, 1.165) is 32.6 Å². The van der Waals surface area contributed by atoms with Crippen molar-refractivity contribution in [1.29, 1.82) is 0 Å². The first-order valence-electron chi connectivity index (χ1n) is 9.95. The molecule has 1 aromatic carbocycles. The van der Waals surface area contributed by atoms with Crippen LogP contribution < -0.4 is 5.73 Å². The van der Waals surface area contributed by atoms with Crippen molar-refractivity contribution in [3.63, 3.8) is 0 Å². The van der Waals surface area contributed by atoms with Gasteiger partial charge in [-0.05, 0) is 55.0 Å². The van der Waals surface area contributed by atoms with Crippen molar-refractivity contribution in [3.8, 4) is 0 Å². The third-order valence-corrected chi connectivity index (χ3v) is 5.81. The van der Waals surface area contributed by atoms with Crippen LogP contribution in [0.25, 0.3) is 0 Å². The van der Waals surface area contributed by atoms with E-state index in [4.69, 9.17) is 5.73 Å². The van der Waals surface area contributed by atoms with Crippen LogP contribution in [0, 0.1) is 5.92 Å². The molecule has 158 valence electrons. The number of carbonyl (C=O) groups is 1. The van der Waals surface area contributed by atoms with Crippen LogP contribution in [0.1, 0.15) is 34.5 Å². The normalized spacial score (nSPS) is 21.1. The Hall–Kier alpha value is -1.66. The predicted octanol–water partition coefficient (Wildman–Crippen LogP) is 3.16. The fraction of sp³-hybridized carbons (Fsp3) is 0.455. The maximum Gasteiger partial charge on any atom is 0.272 e. The van der Waals surface area contributed by atoms with Gasteiger partial charge in [0.15, 0.2) is 0 Å². The summed E-state index contributed by atoms with van der Waals surface area (Å²) in [5.41, 5.74) is 8.91. The summed E-state index contributed by atoms with van der Waals surface area (Å²) in [5.74, 6) is 0.614. The minimum atomic E-state index is 0. The molecule has 2 bridgehead atoms. The molecule has 1 aromatic heterocycles. The van der Waals surface area contributed by atoms with E-state index >= 15 is 0 Å². The molecule has 0 aliphatic carbocycles. The minimum absolute atomic E-state index is 0. The second kappa shape index (κ2) is 10.9. The van der Waals surface area contributed by atoms with Crippen LogP contribution >= 0.6 is 24.8 Å². The minimum Gasteiger partial charge on any atom is -0.335 e. The van der Waals surface area contributed by atoms with Crippen molar-refractivity contribution in [2.45, 2.75) is 31.8 Å². The molecule has 4 heterocycles. The fourth-order valence-electron chi connectivity index (χ4n) is 4.47.